The highest BCUT2D eigenvalue weighted by Crippen LogP contribution is 2.25. The molecule has 7 heteroatoms. The first-order valence-corrected chi connectivity index (χ1v) is 10.9. The second kappa shape index (κ2) is 10.5. The number of β-amino-alcohol motifs (C(OH)–C–C–N with tert-alkyl or cyclic N) is 1. The molecule has 0 bridgehead atoms. The van der Waals surface area contributed by atoms with Gasteiger partial charge in [0.05, 0.1) is 12.5 Å². The quantitative estimate of drug-likeness (QED) is 0.341. The molecular weight excluding hydrogens is 418 g/mol. The molecule has 3 rings (SSSR count). The summed E-state index contributed by atoms with van der Waals surface area (Å²) < 4.78 is 0. The van der Waals surface area contributed by atoms with E-state index in [0.29, 0.717) is 17.8 Å². The Morgan fingerprint density at radius 2 is 1.73 bits per heavy atom. The number of phenolic OH excluding ortho intramolecular Hbond substituents is 2. The predicted molar refractivity (Wildman–Crippen MR) is 128 cm³/mol. The van der Waals surface area contributed by atoms with Crippen molar-refractivity contribution in [2.24, 2.45) is 0 Å². The highest BCUT2D eigenvalue weighted by atomic mass is 16.3. The fourth-order valence-electron chi connectivity index (χ4n) is 3.70. The first kappa shape index (κ1) is 24.2. The monoisotopic (exact) mass is 449 g/mol. The molecule has 7 nitrogen and oxygen atoms in total. The summed E-state index contributed by atoms with van der Waals surface area (Å²) in [6, 6.07) is 15.7. The average Bonchev–Trinajstić information content (AvgIpc) is 2.73. The number of phenols is 2. The van der Waals surface area contributed by atoms with Gasteiger partial charge in [-0.1, -0.05) is 30.3 Å². The SMILES string of the molecule is Cc1cccnc1NC(=O)Cc1cccc(CC(C)(C)NCC(O)c2cc(O)cc(O)c2)c1. The Morgan fingerprint density at radius 3 is 2.42 bits per heavy atom. The van der Waals surface area contributed by atoms with Gasteiger partial charge in [-0.25, -0.2) is 4.98 Å². The number of aromatic nitrogens is 1. The van der Waals surface area contributed by atoms with Crippen LogP contribution in [0.4, 0.5) is 5.82 Å². The van der Waals surface area contributed by atoms with Crippen LogP contribution in [0.3, 0.4) is 0 Å². The molecule has 3 aromatic rings. The summed E-state index contributed by atoms with van der Waals surface area (Å²) in [5.74, 6) is 0.260. The van der Waals surface area contributed by atoms with Crippen molar-refractivity contribution >= 4 is 11.7 Å². The molecule has 0 aliphatic heterocycles. The second-order valence-electron chi connectivity index (χ2n) is 8.95. The molecule has 0 fully saturated rings. The van der Waals surface area contributed by atoms with E-state index in [2.05, 4.69) is 15.6 Å². The maximum atomic E-state index is 12.5. The zero-order valence-electron chi connectivity index (χ0n) is 19.2. The number of pyridine rings is 1. The smallest absolute Gasteiger partial charge is 0.229 e. The maximum absolute atomic E-state index is 12.5. The van der Waals surface area contributed by atoms with Gasteiger partial charge in [-0.15, -0.1) is 0 Å². The summed E-state index contributed by atoms with van der Waals surface area (Å²) in [6.07, 6.45) is 1.70. The highest BCUT2D eigenvalue weighted by Gasteiger charge is 2.21. The Bertz CT molecular complexity index is 1090. The van der Waals surface area contributed by atoms with Gasteiger partial charge in [-0.05, 0) is 67.6 Å². The number of nitrogens with one attached hydrogen (secondary N) is 2. The minimum atomic E-state index is -0.882. The fourth-order valence-corrected chi connectivity index (χ4v) is 3.70. The topological polar surface area (TPSA) is 115 Å². The third kappa shape index (κ3) is 7.30. The van der Waals surface area contributed by atoms with E-state index in [1.807, 2.05) is 57.2 Å². The number of rotatable bonds is 9. The van der Waals surface area contributed by atoms with Crippen molar-refractivity contribution in [3.05, 3.63) is 83.0 Å². The van der Waals surface area contributed by atoms with Crippen LogP contribution in [-0.4, -0.2) is 38.3 Å². The minimum absolute atomic E-state index is 0.0950. The van der Waals surface area contributed by atoms with Gasteiger partial charge < -0.3 is 26.0 Å². The molecule has 0 saturated heterocycles. The van der Waals surface area contributed by atoms with Crippen molar-refractivity contribution in [1.82, 2.24) is 10.3 Å². The zero-order chi connectivity index (χ0) is 24.0. The third-order valence-electron chi connectivity index (χ3n) is 5.35. The van der Waals surface area contributed by atoms with Gasteiger partial charge in [0, 0.05) is 24.3 Å². The first-order chi connectivity index (χ1) is 15.6. The summed E-state index contributed by atoms with van der Waals surface area (Å²) >= 11 is 0. The number of aliphatic hydroxyl groups excluding tert-OH is 1. The van der Waals surface area contributed by atoms with Crippen molar-refractivity contribution in [3.8, 4) is 11.5 Å². The molecule has 0 spiro atoms. The summed E-state index contributed by atoms with van der Waals surface area (Å²) in [6.45, 7) is 6.21. The molecule has 1 heterocycles. The molecule has 1 unspecified atom stereocenters. The van der Waals surface area contributed by atoms with E-state index in [4.69, 9.17) is 0 Å². The number of anilines is 1. The molecule has 2 aromatic carbocycles. The van der Waals surface area contributed by atoms with E-state index in [-0.39, 0.29) is 35.9 Å². The number of hydrogen-bond donors (Lipinski definition) is 5. The van der Waals surface area contributed by atoms with E-state index in [0.717, 1.165) is 16.7 Å². The molecule has 1 aromatic heterocycles. The number of aryl methyl sites for hydroxylation is 1. The summed E-state index contributed by atoms with van der Waals surface area (Å²) in [7, 11) is 0. The van der Waals surface area contributed by atoms with E-state index >= 15 is 0 Å². The third-order valence-corrected chi connectivity index (χ3v) is 5.35. The molecule has 1 atom stereocenters. The number of carbonyl (C=O) groups is 1. The lowest BCUT2D eigenvalue weighted by Gasteiger charge is -2.28. The predicted octanol–water partition coefficient (Wildman–Crippen LogP) is 3.63. The van der Waals surface area contributed by atoms with E-state index in [1.54, 1.807) is 6.20 Å². The number of nitrogens with zero attached hydrogens (tertiary/aromatic N) is 1. The van der Waals surface area contributed by atoms with Gasteiger partial charge in [0.25, 0.3) is 0 Å². The Morgan fingerprint density at radius 1 is 1.03 bits per heavy atom. The van der Waals surface area contributed by atoms with Crippen LogP contribution in [0.25, 0.3) is 0 Å². The van der Waals surface area contributed by atoms with Gasteiger partial charge in [-0.2, -0.15) is 0 Å². The van der Waals surface area contributed by atoms with Crippen molar-refractivity contribution in [2.75, 3.05) is 11.9 Å². The van der Waals surface area contributed by atoms with Gasteiger partial charge in [0.1, 0.15) is 17.3 Å². The molecule has 1 amide bonds. The molecule has 0 aliphatic carbocycles. The average molecular weight is 450 g/mol. The van der Waals surface area contributed by atoms with Crippen molar-refractivity contribution in [2.45, 2.75) is 45.3 Å². The molecule has 33 heavy (non-hydrogen) atoms. The van der Waals surface area contributed by atoms with Crippen LogP contribution in [0.5, 0.6) is 11.5 Å². The zero-order valence-corrected chi connectivity index (χ0v) is 19.2. The van der Waals surface area contributed by atoms with Crippen LogP contribution < -0.4 is 10.6 Å². The van der Waals surface area contributed by atoms with Gasteiger partial charge >= 0.3 is 0 Å². The second-order valence-corrected chi connectivity index (χ2v) is 8.95. The van der Waals surface area contributed by atoms with Crippen LogP contribution in [-0.2, 0) is 17.6 Å². The Hall–Kier alpha value is -3.42. The number of amides is 1. The fraction of sp³-hybridized carbons (Fsp3) is 0.308. The maximum Gasteiger partial charge on any atom is 0.229 e. The van der Waals surface area contributed by atoms with Crippen LogP contribution in [0.15, 0.2) is 60.8 Å². The lowest BCUT2D eigenvalue weighted by Crippen LogP contribution is -2.43. The van der Waals surface area contributed by atoms with Crippen LogP contribution in [0.2, 0.25) is 0 Å². The van der Waals surface area contributed by atoms with Crippen LogP contribution in [0, 0.1) is 6.92 Å². The minimum Gasteiger partial charge on any atom is -0.508 e. The Labute approximate surface area is 194 Å². The number of benzene rings is 2. The summed E-state index contributed by atoms with van der Waals surface area (Å²) in [5.41, 5.74) is 2.98. The first-order valence-electron chi connectivity index (χ1n) is 10.9. The number of aliphatic hydroxyl groups is 1. The Kier molecular flexibility index (Phi) is 7.68. The lowest BCUT2D eigenvalue weighted by molar-refractivity contribution is -0.115. The van der Waals surface area contributed by atoms with E-state index in [9.17, 15) is 20.1 Å². The normalized spacial score (nSPS) is 12.4. The van der Waals surface area contributed by atoms with Gasteiger partial charge in [0.15, 0.2) is 0 Å². The van der Waals surface area contributed by atoms with Crippen molar-refractivity contribution in [3.63, 3.8) is 0 Å². The molecular formula is C26H31N3O4. The molecule has 0 radical (unpaired) electrons. The van der Waals surface area contributed by atoms with E-state index in [1.165, 1.54) is 18.2 Å². The highest BCUT2D eigenvalue weighted by molar-refractivity contribution is 5.91. The van der Waals surface area contributed by atoms with Crippen LogP contribution >= 0.6 is 0 Å². The summed E-state index contributed by atoms with van der Waals surface area (Å²) in [4.78, 5) is 16.7. The van der Waals surface area contributed by atoms with Crippen molar-refractivity contribution < 1.29 is 20.1 Å². The summed E-state index contributed by atoms with van der Waals surface area (Å²) in [5, 5.41) is 35.9. The van der Waals surface area contributed by atoms with E-state index < -0.39 is 6.10 Å². The molecule has 0 saturated carbocycles. The molecule has 5 N–H and O–H groups in total. The molecule has 174 valence electrons. The number of hydrogen-bond acceptors (Lipinski definition) is 6. The van der Waals surface area contributed by atoms with Gasteiger partial charge in [0.2, 0.25) is 5.91 Å². The Balaban J connectivity index is 1.58. The van der Waals surface area contributed by atoms with Crippen molar-refractivity contribution in [1.29, 1.82) is 0 Å². The lowest BCUT2D eigenvalue weighted by atomic mass is 9.93. The largest absolute Gasteiger partial charge is 0.508 e. The molecule has 0 aliphatic rings. The van der Waals surface area contributed by atoms with Gasteiger partial charge in [-0.3, -0.25) is 4.79 Å². The number of aromatic hydroxyl groups is 2. The van der Waals surface area contributed by atoms with Crippen LogP contribution in [0.1, 0.15) is 42.2 Å². The number of carbonyl (C=O) groups excluding carboxylic acids is 1. The standard InChI is InChI=1S/C26H31N3O4/c1-17-6-5-9-27-25(17)29-24(33)11-18-7-4-8-19(10-18)15-26(2,3)28-16-23(32)20-12-21(30)14-22(31)13-20/h4-10,12-14,23,28,30-32H,11,15-16H2,1-3H3,(H,27,29,33).